The van der Waals surface area contributed by atoms with Crippen LogP contribution in [0, 0.1) is 0 Å². The molecule has 1 heterocycles. The van der Waals surface area contributed by atoms with Crippen molar-refractivity contribution in [2.75, 3.05) is 5.75 Å². The number of benzene rings is 2. The summed E-state index contributed by atoms with van der Waals surface area (Å²) in [5.41, 5.74) is 3.02. The molecule has 130 valence electrons. The summed E-state index contributed by atoms with van der Waals surface area (Å²) in [4.78, 5) is 19.7. The van der Waals surface area contributed by atoms with Crippen molar-refractivity contribution < 1.29 is 4.79 Å². The van der Waals surface area contributed by atoms with Gasteiger partial charge in [0, 0.05) is 11.1 Å². The highest BCUT2D eigenvalue weighted by atomic mass is 35.5. The van der Waals surface area contributed by atoms with E-state index in [2.05, 4.69) is 27.4 Å². The van der Waals surface area contributed by atoms with Gasteiger partial charge >= 0.3 is 0 Å². The second kappa shape index (κ2) is 8.41. The van der Waals surface area contributed by atoms with Gasteiger partial charge in [-0.1, -0.05) is 53.7 Å². The first kappa shape index (κ1) is 17.8. The number of halogens is 1. The van der Waals surface area contributed by atoms with E-state index in [1.54, 1.807) is 6.07 Å². The normalized spacial score (nSPS) is 12.2. The first-order valence-electron chi connectivity index (χ1n) is 8.21. The summed E-state index contributed by atoms with van der Waals surface area (Å²) in [5.74, 6) is 0.354. The molecule has 6 heteroatoms. The minimum atomic E-state index is 0.0176. The SMILES string of the molecule is CC(CCc1ccccc1)NC(=O)CSc1nc2ccc(Cl)cc2[nH]1. The summed E-state index contributed by atoms with van der Waals surface area (Å²) in [5, 5.41) is 4.43. The molecule has 1 aromatic heterocycles. The third kappa shape index (κ3) is 5.25. The summed E-state index contributed by atoms with van der Waals surface area (Å²) in [6, 6.07) is 16.0. The second-order valence-corrected chi connectivity index (χ2v) is 7.39. The Balaban J connectivity index is 1.45. The number of hydrogen-bond donors (Lipinski definition) is 2. The van der Waals surface area contributed by atoms with Gasteiger partial charge in [-0.25, -0.2) is 4.98 Å². The van der Waals surface area contributed by atoms with E-state index < -0.39 is 0 Å². The maximum Gasteiger partial charge on any atom is 0.230 e. The van der Waals surface area contributed by atoms with Gasteiger partial charge in [0.2, 0.25) is 5.91 Å². The number of fused-ring (bicyclic) bond motifs is 1. The van der Waals surface area contributed by atoms with Crippen LogP contribution in [0.3, 0.4) is 0 Å². The van der Waals surface area contributed by atoms with Gasteiger partial charge in [-0.2, -0.15) is 0 Å². The van der Waals surface area contributed by atoms with Crippen molar-refractivity contribution in [2.24, 2.45) is 0 Å². The zero-order chi connectivity index (χ0) is 17.6. The molecule has 4 nitrogen and oxygen atoms in total. The lowest BCUT2D eigenvalue weighted by Gasteiger charge is -2.13. The maximum absolute atomic E-state index is 12.1. The number of rotatable bonds is 7. The number of carbonyl (C=O) groups is 1. The van der Waals surface area contributed by atoms with Crippen molar-refractivity contribution in [1.29, 1.82) is 0 Å². The number of H-pyrrole nitrogens is 1. The molecule has 0 saturated carbocycles. The van der Waals surface area contributed by atoms with Crippen LogP contribution in [0.1, 0.15) is 18.9 Å². The van der Waals surface area contributed by atoms with Crippen molar-refractivity contribution in [2.45, 2.75) is 31.0 Å². The van der Waals surface area contributed by atoms with E-state index in [1.165, 1.54) is 17.3 Å². The standard InChI is InChI=1S/C19H20ClN3OS/c1-13(7-8-14-5-3-2-4-6-14)21-18(24)12-25-19-22-16-10-9-15(20)11-17(16)23-19/h2-6,9-11,13H,7-8,12H2,1H3,(H,21,24)(H,22,23). The summed E-state index contributed by atoms with van der Waals surface area (Å²) < 4.78 is 0. The number of carbonyl (C=O) groups excluding carboxylic acids is 1. The lowest BCUT2D eigenvalue weighted by molar-refractivity contribution is -0.119. The molecule has 0 bridgehead atoms. The number of imidazole rings is 1. The zero-order valence-electron chi connectivity index (χ0n) is 14.0. The Kier molecular flexibility index (Phi) is 6.00. The number of aryl methyl sites for hydroxylation is 1. The minimum absolute atomic E-state index is 0.0176. The molecule has 0 fully saturated rings. The molecule has 0 aliphatic heterocycles. The van der Waals surface area contributed by atoms with E-state index in [-0.39, 0.29) is 11.9 Å². The lowest BCUT2D eigenvalue weighted by Crippen LogP contribution is -2.34. The number of amides is 1. The van der Waals surface area contributed by atoms with E-state index >= 15 is 0 Å². The summed E-state index contributed by atoms with van der Waals surface area (Å²) in [6.07, 6.45) is 1.88. The Hall–Kier alpha value is -1.98. The van der Waals surface area contributed by atoms with E-state index in [9.17, 15) is 4.79 Å². The number of thioether (sulfide) groups is 1. The van der Waals surface area contributed by atoms with E-state index in [4.69, 9.17) is 11.6 Å². The summed E-state index contributed by atoms with van der Waals surface area (Å²) >= 11 is 7.36. The van der Waals surface area contributed by atoms with Gasteiger partial charge in [-0.15, -0.1) is 0 Å². The van der Waals surface area contributed by atoms with Crippen LogP contribution in [0.2, 0.25) is 5.02 Å². The molecule has 0 radical (unpaired) electrons. The largest absolute Gasteiger partial charge is 0.353 e. The average Bonchev–Trinajstić information content (AvgIpc) is 3.01. The van der Waals surface area contributed by atoms with E-state index in [0.29, 0.717) is 10.8 Å². The maximum atomic E-state index is 12.1. The molecule has 25 heavy (non-hydrogen) atoms. The highest BCUT2D eigenvalue weighted by molar-refractivity contribution is 7.99. The predicted molar refractivity (Wildman–Crippen MR) is 104 cm³/mol. The highest BCUT2D eigenvalue weighted by Crippen LogP contribution is 2.22. The Morgan fingerprint density at radius 2 is 2.08 bits per heavy atom. The summed E-state index contributed by atoms with van der Waals surface area (Å²) in [6.45, 7) is 2.04. The van der Waals surface area contributed by atoms with Crippen LogP contribution in [0.25, 0.3) is 11.0 Å². The molecule has 1 atom stereocenters. The Morgan fingerprint density at radius 1 is 1.28 bits per heavy atom. The Bertz CT molecular complexity index is 850. The molecule has 2 aromatic carbocycles. The monoisotopic (exact) mass is 373 g/mol. The third-order valence-electron chi connectivity index (χ3n) is 3.88. The lowest BCUT2D eigenvalue weighted by atomic mass is 10.1. The highest BCUT2D eigenvalue weighted by Gasteiger charge is 2.10. The number of nitrogens with zero attached hydrogens (tertiary/aromatic N) is 1. The van der Waals surface area contributed by atoms with Gasteiger partial charge in [0.25, 0.3) is 0 Å². The molecule has 2 N–H and O–H groups in total. The smallest absolute Gasteiger partial charge is 0.230 e. The fourth-order valence-corrected chi connectivity index (χ4v) is 3.45. The third-order valence-corrected chi connectivity index (χ3v) is 4.99. The zero-order valence-corrected chi connectivity index (χ0v) is 15.5. The van der Waals surface area contributed by atoms with Gasteiger partial charge in [0.1, 0.15) is 0 Å². The van der Waals surface area contributed by atoms with Crippen LogP contribution in [-0.2, 0) is 11.2 Å². The first-order chi connectivity index (χ1) is 12.1. The van der Waals surface area contributed by atoms with Gasteiger partial charge in [0.15, 0.2) is 5.16 Å². The molecule has 0 spiro atoms. The van der Waals surface area contributed by atoms with Crippen molar-refractivity contribution in [3.63, 3.8) is 0 Å². The molecular weight excluding hydrogens is 354 g/mol. The van der Waals surface area contributed by atoms with E-state index in [1.807, 2.05) is 37.3 Å². The molecule has 3 rings (SSSR count). The van der Waals surface area contributed by atoms with E-state index in [0.717, 1.165) is 29.0 Å². The molecule has 1 amide bonds. The molecule has 3 aromatic rings. The predicted octanol–water partition coefficient (Wildman–Crippen LogP) is 4.45. The Morgan fingerprint density at radius 3 is 2.88 bits per heavy atom. The number of nitrogens with one attached hydrogen (secondary N) is 2. The van der Waals surface area contributed by atoms with Gasteiger partial charge < -0.3 is 10.3 Å². The quantitative estimate of drug-likeness (QED) is 0.602. The number of aromatic nitrogens is 2. The second-order valence-electron chi connectivity index (χ2n) is 5.98. The average molecular weight is 374 g/mol. The van der Waals surface area contributed by atoms with Gasteiger partial charge in [-0.3, -0.25) is 4.79 Å². The van der Waals surface area contributed by atoms with Crippen LogP contribution >= 0.6 is 23.4 Å². The number of aromatic amines is 1. The molecule has 0 saturated heterocycles. The number of hydrogen-bond acceptors (Lipinski definition) is 3. The Labute approximate surface area is 156 Å². The fraction of sp³-hybridized carbons (Fsp3) is 0.263. The summed E-state index contributed by atoms with van der Waals surface area (Å²) in [7, 11) is 0. The van der Waals surface area contributed by atoms with Crippen molar-refractivity contribution >= 4 is 40.3 Å². The van der Waals surface area contributed by atoms with Crippen molar-refractivity contribution in [1.82, 2.24) is 15.3 Å². The molecular formula is C19H20ClN3OS. The van der Waals surface area contributed by atoms with Gasteiger partial charge in [-0.05, 0) is 43.5 Å². The van der Waals surface area contributed by atoms with Gasteiger partial charge in [0.05, 0.1) is 16.8 Å². The molecule has 0 aliphatic carbocycles. The van der Waals surface area contributed by atoms with Crippen LogP contribution in [0.4, 0.5) is 0 Å². The molecule has 1 unspecified atom stereocenters. The topological polar surface area (TPSA) is 57.8 Å². The van der Waals surface area contributed by atoms with Crippen molar-refractivity contribution in [3.05, 3.63) is 59.1 Å². The van der Waals surface area contributed by atoms with Crippen LogP contribution < -0.4 is 5.32 Å². The minimum Gasteiger partial charge on any atom is -0.353 e. The molecule has 0 aliphatic rings. The van der Waals surface area contributed by atoms with Crippen LogP contribution in [0.5, 0.6) is 0 Å². The van der Waals surface area contributed by atoms with Crippen LogP contribution in [-0.4, -0.2) is 27.7 Å². The fourth-order valence-electron chi connectivity index (χ4n) is 2.58. The van der Waals surface area contributed by atoms with Crippen molar-refractivity contribution in [3.8, 4) is 0 Å². The van der Waals surface area contributed by atoms with Crippen LogP contribution in [0.15, 0.2) is 53.7 Å². The first-order valence-corrected chi connectivity index (χ1v) is 9.58.